The highest BCUT2D eigenvalue weighted by Gasteiger charge is 2.22. The summed E-state index contributed by atoms with van der Waals surface area (Å²) in [5.41, 5.74) is 2.25. The summed E-state index contributed by atoms with van der Waals surface area (Å²) in [5.74, 6) is 0.0240. The highest BCUT2D eigenvalue weighted by Crippen LogP contribution is 2.16. The molecule has 1 aromatic carbocycles. The Morgan fingerprint density at radius 3 is 2.48 bits per heavy atom. The number of aromatic nitrogens is 2. The van der Waals surface area contributed by atoms with Gasteiger partial charge in [-0.1, -0.05) is 19.1 Å². The van der Waals surface area contributed by atoms with Crippen LogP contribution in [-0.2, 0) is 13.5 Å². The van der Waals surface area contributed by atoms with Gasteiger partial charge in [-0.15, -0.1) is 0 Å². The van der Waals surface area contributed by atoms with Crippen molar-refractivity contribution in [1.82, 2.24) is 14.7 Å². The highest BCUT2D eigenvalue weighted by atomic mass is 16.3. The van der Waals surface area contributed by atoms with E-state index >= 15 is 0 Å². The average Bonchev–Trinajstić information content (AvgIpc) is 3.03. The molecule has 3 amide bonds. The number of piperidine rings is 1. The maximum atomic E-state index is 12.5. The van der Waals surface area contributed by atoms with Crippen molar-refractivity contribution < 1.29 is 14.7 Å². The van der Waals surface area contributed by atoms with Crippen molar-refractivity contribution in [2.45, 2.75) is 32.3 Å². The first-order valence-corrected chi connectivity index (χ1v) is 9.14. The molecule has 1 saturated heterocycles. The Morgan fingerprint density at radius 1 is 1.19 bits per heavy atom. The fraction of sp³-hybridized carbons (Fsp3) is 0.421. The monoisotopic (exact) mass is 371 g/mol. The van der Waals surface area contributed by atoms with Crippen LogP contribution in [0, 0.1) is 0 Å². The molecule has 27 heavy (non-hydrogen) atoms. The van der Waals surface area contributed by atoms with Crippen LogP contribution in [0.5, 0.6) is 0 Å². The molecule has 3 N–H and O–H groups in total. The van der Waals surface area contributed by atoms with Crippen LogP contribution in [0.3, 0.4) is 0 Å². The van der Waals surface area contributed by atoms with Crippen molar-refractivity contribution in [3.05, 3.63) is 41.6 Å². The van der Waals surface area contributed by atoms with Gasteiger partial charge >= 0.3 is 6.03 Å². The van der Waals surface area contributed by atoms with Gasteiger partial charge in [-0.3, -0.25) is 14.8 Å². The number of hydrogen-bond acceptors (Lipinski definition) is 4. The zero-order valence-corrected chi connectivity index (χ0v) is 15.6. The van der Waals surface area contributed by atoms with E-state index in [1.165, 1.54) is 10.2 Å². The van der Waals surface area contributed by atoms with Gasteiger partial charge in [-0.2, -0.15) is 5.10 Å². The van der Waals surface area contributed by atoms with Gasteiger partial charge in [-0.25, -0.2) is 4.79 Å². The van der Waals surface area contributed by atoms with Crippen molar-refractivity contribution in [1.29, 1.82) is 0 Å². The number of aryl methyl sites for hydroxylation is 2. The molecule has 2 aromatic rings. The quantitative estimate of drug-likeness (QED) is 0.767. The van der Waals surface area contributed by atoms with E-state index in [9.17, 15) is 14.7 Å². The third-order valence-electron chi connectivity index (χ3n) is 4.72. The third-order valence-corrected chi connectivity index (χ3v) is 4.72. The number of amides is 3. The van der Waals surface area contributed by atoms with Gasteiger partial charge in [0.25, 0.3) is 5.91 Å². The van der Waals surface area contributed by atoms with Crippen molar-refractivity contribution >= 4 is 23.4 Å². The van der Waals surface area contributed by atoms with Crippen LogP contribution in [0.2, 0.25) is 0 Å². The second kappa shape index (κ2) is 8.22. The fourth-order valence-corrected chi connectivity index (χ4v) is 3.02. The first kappa shape index (κ1) is 18.9. The second-order valence-corrected chi connectivity index (χ2v) is 6.69. The Bertz CT molecular complexity index is 807. The fourth-order valence-electron chi connectivity index (χ4n) is 3.02. The third kappa shape index (κ3) is 4.65. The molecule has 0 saturated carbocycles. The number of carbonyl (C=O) groups is 2. The summed E-state index contributed by atoms with van der Waals surface area (Å²) >= 11 is 0. The topological polar surface area (TPSA) is 99.5 Å². The number of urea groups is 1. The van der Waals surface area contributed by atoms with Crippen LogP contribution in [0.4, 0.5) is 16.3 Å². The minimum Gasteiger partial charge on any atom is -0.393 e. The molecule has 8 nitrogen and oxygen atoms in total. The molecule has 144 valence electrons. The van der Waals surface area contributed by atoms with Crippen molar-refractivity contribution in [2.75, 3.05) is 23.7 Å². The molecule has 0 aliphatic carbocycles. The highest BCUT2D eigenvalue weighted by molar-refractivity contribution is 6.04. The number of carbonyl (C=O) groups excluding carboxylic acids is 2. The van der Waals surface area contributed by atoms with E-state index in [0.717, 1.165) is 6.42 Å². The summed E-state index contributed by atoms with van der Waals surface area (Å²) in [4.78, 5) is 26.4. The van der Waals surface area contributed by atoms with E-state index in [1.54, 1.807) is 18.0 Å². The molecule has 0 spiro atoms. The predicted octanol–water partition coefficient (Wildman–Crippen LogP) is 2.22. The molecular formula is C19H25N5O3. The van der Waals surface area contributed by atoms with Gasteiger partial charge in [-0.05, 0) is 37.0 Å². The van der Waals surface area contributed by atoms with E-state index < -0.39 is 0 Å². The van der Waals surface area contributed by atoms with Crippen molar-refractivity contribution in [3.8, 4) is 0 Å². The van der Waals surface area contributed by atoms with Crippen LogP contribution in [0.1, 0.15) is 35.8 Å². The molecule has 0 atom stereocenters. The molecule has 1 fully saturated rings. The minimum absolute atomic E-state index is 0.276. The van der Waals surface area contributed by atoms with Crippen molar-refractivity contribution in [2.24, 2.45) is 7.05 Å². The van der Waals surface area contributed by atoms with Crippen molar-refractivity contribution in [3.63, 3.8) is 0 Å². The number of nitrogens with one attached hydrogen (secondary N) is 2. The summed E-state index contributed by atoms with van der Waals surface area (Å²) in [6, 6.07) is 8.94. The van der Waals surface area contributed by atoms with Crippen LogP contribution in [0.15, 0.2) is 30.3 Å². The minimum atomic E-state index is -0.342. The van der Waals surface area contributed by atoms with Crippen LogP contribution in [0.25, 0.3) is 0 Å². The molecule has 2 heterocycles. The molecule has 1 aliphatic heterocycles. The number of benzene rings is 1. The van der Waals surface area contributed by atoms with E-state index in [-0.39, 0.29) is 18.0 Å². The Labute approximate surface area is 158 Å². The largest absolute Gasteiger partial charge is 0.393 e. The molecule has 3 rings (SSSR count). The summed E-state index contributed by atoms with van der Waals surface area (Å²) in [5, 5.41) is 19.3. The Balaban J connectivity index is 1.62. The maximum absolute atomic E-state index is 12.5. The average molecular weight is 371 g/mol. The van der Waals surface area contributed by atoms with Gasteiger partial charge in [0, 0.05) is 31.9 Å². The molecular weight excluding hydrogens is 346 g/mol. The lowest BCUT2D eigenvalue weighted by Crippen LogP contribution is -2.42. The van der Waals surface area contributed by atoms with Crippen LogP contribution in [-0.4, -0.2) is 50.9 Å². The van der Waals surface area contributed by atoms with Crippen LogP contribution >= 0.6 is 0 Å². The summed E-state index contributed by atoms with van der Waals surface area (Å²) < 4.78 is 1.44. The lowest BCUT2D eigenvalue weighted by molar-refractivity contribution is 0.0970. The van der Waals surface area contributed by atoms with Gasteiger partial charge in [0.2, 0.25) is 0 Å². The zero-order valence-electron chi connectivity index (χ0n) is 15.6. The normalized spacial score (nSPS) is 14.9. The number of nitrogens with zero attached hydrogens (tertiary/aromatic N) is 3. The number of anilines is 2. The Hall–Kier alpha value is -2.87. The standard InChI is InChI=1S/C19H25N5O3/c1-3-13-4-6-14(7-5-13)20-18(26)16-12-17(22-23(16)2)21-19(27)24-10-8-15(25)9-11-24/h4-7,12,15,25H,3,8-11H2,1-2H3,(H,20,26)(H,21,22,27). The molecule has 0 unspecified atom stereocenters. The smallest absolute Gasteiger partial charge is 0.323 e. The predicted molar refractivity (Wildman–Crippen MR) is 103 cm³/mol. The Morgan fingerprint density at radius 2 is 1.85 bits per heavy atom. The number of aliphatic hydroxyl groups excluding tert-OH is 1. The van der Waals surface area contributed by atoms with E-state index in [1.807, 2.05) is 24.3 Å². The van der Waals surface area contributed by atoms with E-state index in [4.69, 9.17) is 0 Å². The van der Waals surface area contributed by atoms with Gasteiger partial charge in [0.05, 0.1) is 6.10 Å². The summed E-state index contributed by atoms with van der Waals surface area (Å²) in [7, 11) is 1.65. The van der Waals surface area contributed by atoms with Crippen LogP contribution < -0.4 is 10.6 Å². The number of aliphatic hydroxyl groups is 1. The molecule has 1 aliphatic rings. The van der Waals surface area contributed by atoms with Gasteiger partial charge < -0.3 is 15.3 Å². The molecule has 0 bridgehead atoms. The van der Waals surface area contributed by atoms with Gasteiger partial charge in [0.1, 0.15) is 5.69 Å². The summed E-state index contributed by atoms with van der Waals surface area (Å²) in [6.07, 6.45) is 1.74. The SMILES string of the molecule is CCc1ccc(NC(=O)c2cc(NC(=O)N3CCC(O)CC3)nn2C)cc1. The number of hydrogen-bond donors (Lipinski definition) is 3. The maximum Gasteiger partial charge on any atom is 0.323 e. The lowest BCUT2D eigenvalue weighted by atomic mass is 10.1. The molecule has 0 radical (unpaired) electrons. The molecule has 1 aromatic heterocycles. The lowest BCUT2D eigenvalue weighted by Gasteiger charge is -2.29. The zero-order chi connectivity index (χ0) is 19.4. The first-order chi connectivity index (χ1) is 13.0. The number of likely N-dealkylation sites (tertiary alicyclic amines) is 1. The number of rotatable bonds is 4. The Kier molecular flexibility index (Phi) is 5.75. The van der Waals surface area contributed by atoms with Gasteiger partial charge in [0.15, 0.2) is 5.82 Å². The van der Waals surface area contributed by atoms with E-state index in [0.29, 0.717) is 43.1 Å². The first-order valence-electron chi connectivity index (χ1n) is 9.14. The van der Waals surface area contributed by atoms with E-state index in [2.05, 4.69) is 22.7 Å². The second-order valence-electron chi connectivity index (χ2n) is 6.69. The summed E-state index contributed by atoms with van der Waals surface area (Å²) in [6.45, 7) is 3.08. The molecule has 8 heteroatoms.